The molecule has 0 saturated heterocycles. The van der Waals surface area contributed by atoms with Gasteiger partial charge in [0.2, 0.25) is 0 Å². The molecule has 1 aromatic carbocycles. The van der Waals surface area contributed by atoms with Crippen LogP contribution in [0.15, 0.2) is 53.1 Å². The molecule has 0 unspecified atom stereocenters. The van der Waals surface area contributed by atoms with E-state index in [4.69, 9.17) is 10.2 Å². The lowest BCUT2D eigenvalue weighted by atomic mass is 9.89. The third-order valence-corrected chi connectivity index (χ3v) is 6.24. The minimum absolute atomic E-state index is 0.0215. The number of carboxylic acid groups (broad SMARTS) is 2. The quantitative estimate of drug-likeness (QED) is 0.205. The molecule has 4 N–H and O–H groups in total. The number of aromatic carboxylic acids is 1. The summed E-state index contributed by atoms with van der Waals surface area (Å²) in [4.78, 5) is 34.2. The molecule has 7 nitrogen and oxygen atoms in total. The Morgan fingerprint density at radius 3 is 2.17 bits per heavy atom. The van der Waals surface area contributed by atoms with Gasteiger partial charge in [-0.05, 0) is 96.4 Å². The molecule has 0 amide bonds. The maximum absolute atomic E-state index is 12.5. The van der Waals surface area contributed by atoms with Crippen molar-refractivity contribution in [3.05, 3.63) is 64.3 Å². The highest BCUT2D eigenvalue weighted by Gasteiger charge is 2.28. The summed E-state index contributed by atoms with van der Waals surface area (Å²) < 4.78 is 0. The van der Waals surface area contributed by atoms with Crippen LogP contribution in [0.3, 0.4) is 0 Å². The number of hydrogen-bond acceptors (Lipinski definition) is 5. The number of aliphatic carboxylic acids is 1. The van der Waals surface area contributed by atoms with Crippen molar-refractivity contribution >= 4 is 17.7 Å². The zero-order valence-electron chi connectivity index (χ0n) is 21.8. The van der Waals surface area contributed by atoms with E-state index >= 15 is 0 Å². The molecular formula is C29H40O7. The van der Waals surface area contributed by atoms with E-state index < -0.39 is 17.5 Å². The molecule has 0 radical (unpaired) electrons. The predicted octanol–water partition coefficient (Wildman–Crippen LogP) is 6.00. The summed E-state index contributed by atoms with van der Waals surface area (Å²) in [7, 11) is 0. The van der Waals surface area contributed by atoms with E-state index in [0.717, 1.165) is 29.6 Å². The van der Waals surface area contributed by atoms with E-state index in [0.29, 0.717) is 37.7 Å². The number of Topliss-reactive ketones (excluding diaryl/α,β-unsaturated/α-hetero) is 1. The third kappa shape index (κ3) is 12.0. The lowest BCUT2D eigenvalue weighted by Gasteiger charge is -2.22. The Bertz CT molecular complexity index is 1010. The number of aliphatic hydroxyl groups is 1. The summed E-state index contributed by atoms with van der Waals surface area (Å²) in [5.41, 5.74) is 2.45. The Balaban J connectivity index is 2.45. The second-order valence-corrected chi connectivity index (χ2v) is 9.69. The van der Waals surface area contributed by atoms with Gasteiger partial charge in [-0.25, -0.2) is 4.79 Å². The van der Waals surface area contributed by atoms with E-state index in [1.54, 1.807) is 13.0 Å². The normalized spacial score (nSPS) is 14.4. The molecule has 0 bridgehead atoms. The van der Waals surface area contributed by atoms with Crippen LogP contribution in [-0.2, 0) is 16.0 Å². The van der Waals surface area contributed by atoms with Crippen LogP contribution in [-0.4, -0.2) is 43.7 Å². The average Bonchev–Trinajstić information content (AvgIpc) is 2.80. The Kier molecular flexibility index (Phi) is 12.9. The fourth-order valence-corrected chi connectivity index (χ4v) is 3.71. The topological polar surface area (TPSA) is 132 Å². The number of ketones is 1. The number of carbonyl (C=O) groups is 3. The van der Waals surface area contributed by atoms with Crippen LogP contribution in [0.1, 0.15) is 95.0 Å². The number of rotatable bonds is 16. The number of carbonyl (C=O) groups excluding carboxylic acids is 1. The van der Waals surface area contributed by atoms with Gasteiger partial charge in [0.25, 0.3) is 0 Å². The van der Waals surface area contributed by atoms with Gasteiger partial charge in [-0.2, -0.15) is 0 Å². The van der Waals surface area contributed by atoms with Crippen LogP contribution < -0.4 is 0 Å². The summed E-state index contributed by atoms with van der Waals surface area (Å²) in [6, 6.07) is 4.25. The zero-order chi connectivity index (χ0) is 27.3. The van der Waals surface area contributed by atoms with Gasteiger partial charge in [-0.3, -0.25) is 9.59 Å². The van der Waals surface area contributed by atoms with Gasteiger partial charge in [-0.15, -0.1) is 0 Å². The Labute approximate surface area is 213 Å². The second kappa shape index (κ2) is 15.0. The first kappa shape index (κ1) is 30.8. The van der Waals surface area contributed by atoms with Crippen LogP contribution in [0.25, 0.3) is 0 Å². The van der Waals surface area contributed by atoms with E-state index in [2.05, 4.69) is 6.08 Å². The third-order valence-electron chi connectivity index (χ3n) is 6.24. The molecular weight excluding hydrogens is 460 g/mol. The average molecular weight is 501 g/mol. The molecule has 0 aliphatic carbocycles. The molecule has 0 aliphatic heterocycles. The highest BCUT2D eigenvalue weighted by molar-refractivity contribution is 5.88. The first-order valence-electron chi connectivity index (χ1n) is 12.3. The molecule has 36 heavy (non-hydrogen) atoms. The number of carboxylic acids is 2. The van der Waals surface area contributed by atoms with Gasteiger partial charge in [0.05, 0.1) is 12.0 Å². The van der Waals surface area contributed by atoms with Crippen molar-refractivity contribution in [3.8, 4) is 5.75 Å². The summed E-state index contributed by atoms with van der Waals surface area (Å²) in [6.45, 7) is 7.35. The van der Waals surface area contributed by atoms with Crippen molar-refractivity contribution in [2.75, 3.05) is 0 Å². The van der Waals surface area contributed by atoms with Crippen LogP contribution in [0.2, 0.25) is 0 Å². The zero-order valence-corrected chi connectivity index (χ0v) is 21.8. The summed E-state index contributed by atoms with van der Waals surface area (Å²) in [6.07, 6.45) is 10.2. The SMILES string of the molecule is CC(=CCc1cc(C(=O)O)ccc1O)CCC=C(C)CCC(=O)[C@](C)(O)CCCC(C)=CCC(=O)O. The molecule has 1 aromatic rings. The number of aromatic hydroxyl groups is 1. The van der Waals surface area contributed by atoms with Crippen molar-refractivity contribution in [3.63, 3.8) is 0 Å². The van der Waals surface area contributed by atoms with Crippen molar-refractivity contribution in [1.29, 1.82) is 0 Å². The maximum atomic E-state index is 12.5. The smallest absolute Gasteiger partial charge is 0.335 e. The molecule has 7 heteroatoms. The van der Waals surface area contributed by atoms with Crippen LogP contribution in [0.4, 0.5) is 0 Å². The standard InChI is InChI=1S/C29H40O7/c1-20(10-13-23-19-24(28(34)35)14-15-25(23)30)7-5-8-21(2)11-16-26(31)29(4,36)18-6-9-22(3)12-17-27(32)33/h8,10,12,14-15,19,30,36H,5-7,9,11,13,16-18H2,1-4H3,(H,32,33)(H,34,35)/t29-/m1/s1. The molecule has 198 valence electrons. The number of phenolic OH excluding ortho intramolecular Hbond substituents is 1. The Morgan fingerprint density at radius 2 is 1.53 bits per heavy atom. The van der Waals surface area contributed by atoms with Gasteiger partial charge in [0, 0.05) is 6.42 Å². The van der Waals surface area contributed by atoms with E-state index in [9.17, 15) is 24.6 Å². The molecule has 0 fully saturated rings. The van der Waals surface area contributed by atoms with Crippen molar-refractivity contribution < 1.29 is 34.8 Å². The molecule has 1 rings (SSSR count). The molecule has 0 saturated carbocycles. The number of hydrogen-bond donors (Lipinski definition) is 4. The lowest BCUT2D eigenvalue weighted by Crippen LogP contribution is -2.34. The fourth-order valence-electron chi connectivity index (χ4n) is 3.71. The lowest BCUT2D eigenvalue weighted by molar-refractivity contribution is -0.136. The Morgan fingerprint density at radius 1 is 0.889 bits per heavy atom. The van der Waals surface area contributed by atoms with E-state index in [1.807, 2.05) is 26.8 Å². The predicted molar refractivity (Wildman–Crippen MR) is 140 cm³/mol. The molecule has 0 aliphatic rings. The minimum atomic E-state index is -1.39. The van der Waals surface area contributed by atoms with Crippen LogP contribution >= 0.6 is 0 Å². The fraction of sp³-hybridized carbons (Fsp3) is 0.483. The van der Waals surface area contributed by atoms with E-state index in [-0.39, 0.29) is 29.9 Å². The molecule has 0 spiro atoms. The van der Waals surface area contributed by atoms with Crippen LogP contribution in [0.5, 0.6) is 5.75 Å². The number of allylic oxidation sites excluding steroid dienone is 5. The summed E-state index contributed by atoms with van der Waals surface area (Å²) in [5.74, 6) is -2.03. The highest BCUT2D eigenvalue weighted by Crippen LogP contribution is 2.22. The molecule has 0 heterocycles. The monoisotopic (exact) mass is 500 g/mol. The summed E-state index contributed by atoms with van der Waals surface area (Å²) >= 11 is 0. The van der Waals surface area contributed by atoms with Crippen LogP contribution in [0, 0.1) is 0 Å². The highest BCUT2D eigenvalue weighted by atomic mass is 16.4. The Hall–Kier alpha value is -3.19. The maximum Gasteiger partial charge on any atom is 0.335 e. The first-order chi connectivity index (χ1) is 16.8. The molecule has 1 atom stereocenters. The van der Waals surface area contributed by atoms with E-state index in [1.165, 1.54) is 18.2 Å². The first-order valence-corrected chi connectivity index (χ1v) is 12.3. The van der Waals surface area contributed by atoms with Crippen molar-refractivity contribution in [2.45, 2.75) is 91.1 Å². The van der Waals surface area contributed by atoms with Gasteiger partial charge in [-0.1, -0.05) is 34.9 Å². The van der Waals surface area contributed by atoms with Gasteiger partial charge in [0.1, 0.15) is 11.4 Å². The number of benzene rings is 1. The summed E-state index contributed by atoms with van der Waals surface area (Å²) in [5, 5.41) is 38.3. The second-order valence-electron chi connectivity index (χ2n) is 9.69. The van der Waals surface area contributed by atoms with Gasteiger partial charge < -0.3 is 20.4 Å². The largest absolute Gasteiger partial charge is 0.508 e. The van der Waals surface area contributed by atoms with Crippen molar-refractivity contribution in [2.24, 2.45) is 0 Å². The minimum Gasteiger partial charge on any atom is -0.508 e. The van der Waals surface area contributed by atoms with Gasteiger partial charge >= 0.3 is 11.9 Å². The molecule has 0 aromatic heterocycles. The number of phenols is 1. The van der Waals surface area contributed by atoms with Crippen molar-refractivity contribution in [1.82, 2.24) is 0 Å². The van der Waals surface area contributed by atoms with Gasteiger partial charge in [0.15, 0.2) is 5.78 Å².